The van der Waals surface area contributed by atoms with Crippen molar-refractivity contribution in [3.63, 3.8) is 0 Å². The zero-order chi connectivity index (χ0) is 10.1. The Bertz CT molecular complexity index is 282. The van der Waals surface area contributed by atoms with E-state index in [0.29, 0.717) is 6.54 Å². The van der Waals surface area contributed by atoms with E-state index in [-0.39, 0.29) is 5.69 Å². The van der Waals surface area contributed by atoms with Crippen LogP contribution in [0.3, 0.4) is 0 Å². The first-order valence-corrected chi connectivity index (χ1v) is 3.71. The van der Waals surface area contributed by atoms with Gasteiger partial charge in [-0.25, -0.2) is 4.98 Å². The van der Waals surface area contributed by atoms with Gasteiger partial charge in [0.2, 0.25) is 0 Å². The van der Waals surface area contributed by atoms with E-state index < -0.39 is 12.3 Å². The normalized spacial score (nSPS) is 14.5. The van der Waals surface area contributed by atoms with Gasteiger partial charge < -0.3 is 9.67 Å². The predicted molar refractivity (Wildman–Crippen MR) is 38.9 cm³/mol. The monoisotopic (exact) mass is 194 g/mol. The second kappa shape index (κ2) is 3.37. The molecule has 0 spiro atoms. The molecular formula is C7H9F3N2O. The van der Waals surface area contributed by atoms with Crippen LogP contribution in [-0.4, -0.2) is 20.8 Å². The molecule has 0 fully saturated rings. The molecule has 0 aromatic carbocycles. The molecule has 1 atom stereocenters. The van der Waals surface area contributed by atoms with Crippen LogP contribution in [0.15, 0.2) is 12.5 Å². The highest BCUT2D eigenvalue weighted by atomic mass is 19.4. The molecule has 0 amide bonds. The van der Waals surface area contributed by atoms with Crippen molar-refractivity contribution in [2.75, 3.05) is 0 Å². The fourth-order valence-corrected chi connectivity index (χ4v) is 0.991. The van der Waals surface area contributed by atoms with Crippen LogP contribution in [0.2, 0.25) is 0 Å². The van der Waals surface area contributed by atoms with Gasteiger partial charge in [-0.3, -0.25) is 0 Å². The molecule has 1 aromatic heterocycles. The average molecular weight is 194 g/mol. The minimum absolute atomic E-state index is 0.227. The number of aliphatic hydroxyl groups is 1. The molecule has 1 aromatic rings. The maximum atomic E-state index is 12.0. The smallest absolute Gasteiger partial charge is 0.378 e. The largest absolute Gasteiger partial charge is 0.420 e. The Kier molecular flexibility index (Phi) is 2.60. The van der Waals surface area contributed by atoms with Gasteiger partial charge in [0.25, 0.3) is 0 Å². The second-order valence-electron chi connectivity index (χ2n) is 2.55. The fourth-order valence-electron chi connectivity index (χ4n) is 0.991. The van der Waals surface area contributed by atoms with Gasteiger partial charge >= 0.3 is 6.18 Å². The van der Waals surface area contributed by atoms with Crippen LogP contribution in [0.5, 0.6) is 0 Å². The summed E-state index contributed by atoms with van der Waals surface area (Å²) in [6.45, 7) is 2.02. The van der Waals surface area contributed by atoms with Crippen molar-refractivity contribution in [1.29, 1.82) is 0 Å². The molecule has 1 N–H and O–H groups in total. The van der Waals surface area contributed by atoms with Crippen LogP contribution in [-0.2, 0) is 6.54 Å². The van der Waals surface area contributed by atoms with E-state index in [2.05, 4.69) is 4.98 Å². The highest BCUT2D eigenvalue weighted by Crippen LogP contribution is 2.31. The highest BCUT2D eigenvalue weighted by Gasteiger charge is 2.41. The molecule has 0 radical (unpaired) electrons. The van der Waals surface area contributed by atoms with E-state index in [9.17, 15) is 13.2 Å². The van der Waals surface area contributed by atoms with E-state index >= 15 is 0 Å². The highest BCUT2D eigenvalue weighted by molar-refractivity contribution is 5.04. The summed E-state index contributed by atoms with van der Waals surface area (Å²) >= 11 is 0. The number of hydrogen-bond acceptors (Lipinski definition) is 2. The van der Waals surface area contributed by atoms with Crippen LogP contribution < -0.4 is 0 Å². The number of imidazole rings is 1. The summed E-state index contributed by atoms with van der Waals surface area (Å²) < 4.78 is 37.4. The fraction of sp³-hybridized carbons (Fsp3) is 0.571. The molecule has 1 rings (SSSR count). The number of aryl methyl sites for hydroxylation is 1. The summed E-state index contributed by atoms with van der Waals surface area (Å²) in [5, 5.41) is 8.87. The molecule has 0 aliphatic rings. The lowest BCUT2D eigenvalue weighted by atomic mass is 10.2. The van der Waals surface area contributed by atoms with Gasteiger partial charge in [0.15, 0.2) is 6.10 Å². The number of alkyl halides is 3. The van der Waals surface area contributed by atoms with Crippen LogP contribution in [0.25, 0.3) is 0 Å². The quantitative estimate of drug-likeness (QED) is 0.774. The van der Waals surface area contributed by atoms with Crippen LogP contribution in [0, 0.1) is 0 Å². The summed E-state index contributed by atoms with van der Waals surface area (Å²) in [5.41, 5.74) is -0.227. The van der Waals surface area contributed by atoms with E-state index in [0.717, 1.165) is 6.20 Å². The third kappa shape index (κ3) is 2.00. The molecule has 0 aliphatic carbocycles. The number of rotatable bonds is 2. The molecule has 0 bridgehead atoms. The van der Waals surface area contributed by atoms with Crippen molar-refractivity contribution in [2.45, 2.75) is 25.7 Å². The van der Waals surface area contributed by atoms with Gasteiger partial charge in [-0.2, -0.15) is 13.2 Å². The zero-order valence-electron chi connectivity index (χ0n) is 6.91. The van der Waals surface area contributed by atoms with E-state index in [4.69, 9.17) is 5.11 Å². The van der Waals surface area contributed by atoms with Crippen molar-refractivity contribution in [3.8, 4) is 0 Å². The zero-order valence-corrected chi connectivity index (χ0v) is 6.91. The van der Waals surface area contributed by atoms with Gasteiger partial charge in [0, 0.05) is 6.54 Å². The van der Waals surface area contributed by atoms with Gasteiger partial charge in [-0.1, -0.05) is 0 Å². The molecule has 0 aliphatic heterocycles. The van der Waals surface area contributed by atoms with Gasteiger partial charge in [0.05, 0.1) is 18.2 Å². The topological polar surface area (TPSA) is 38.0 Å². The Morgan fingerprint density at radius 1 is 1.62 bits per heavy atom. The molecule has 6 heteroatoms. The first-order chi connectivity index (χ1) is 5.96. The Morgan fingerprint density at radius 2 is 2.23 bits per heavy atom. The summed E-state index contributed by atoms with van der Waals surface area (Å²) in [5.74, 6) is 0. The molecule has 0 unspecified atom stereocenters. The second-order valence-corrected chi connectivity index (χ2v) is 2.55. The number of aliphatic hydroxyl groups excluding tert-OH is 1. The molecular weight excluding hydrogens is 185 g/mol. The lowest BCUT2D eigenvalue weighted by Crippen LogP contribution is -2.22. The third-order valence-electron chi connectivity index (χ3n) is 1.68. The molecule has 1 heterocycles. The van der Waals surface area contributed by atoms with E-state index in [1.807, 2.05) is 0 Å². The first-order valence-electron chi connectivity index (χ1n) is 3.71. The van der Waals surface area contributed by atoms with Crippen molar-refractivity contribution in [3.05, 3.63) is 18.2 Å². The number of halogens is 3. The minimum atomic E-state index is -4.63. The van der Waals surface area contributed by atoms with Gasteiger partial charge in [-0.15, -0.1) is 0 Å². The van der Waals surface area contributed by atoms with Crippen molar-refractivity contribution < 1.29 is 18.3 Å². The summed E-state index contributed by atoms with van der Waals surface area (Å²) in [4.78, 5) is 3.53. The first kappa shape index (κ1) is 10.0. The SMILES string of the molecule is CCn1cncc1[C@H](O)C(F)(F)F. The Morgan fingerprint density at radius 3 is 2.69 bits per heavy atom. The van der Waals surface area contributed by atoms with Crippen LogP contribution >= 0.6 is 0 Å². The number of aromatic nitrogens is 2. The molecule has 13 heavy (non-hydrogen) atoms. The standard InChI is InChI=1S/C7H9F3N2O/c1-2-12-4-11-3-5(12)6(13)7(8,9)10/h3-4,6,13H,2H2,1H3/t6-/m0/s1. The van der Waals surface area contributed by atoms with Gasteiger partial charge in [0.1, 0.15) is 0 Å². The average Bonchev–Trinajstić information content (AvgIpc) is 2.48. The lowest BCUT2D eigenvalue weighted by Gasteiger charge is -2.15. The Balaban J connectivity index is 2.94. The van der Waals surface area contributed by atoms with Crippen LogP contribution in [0.1, 0.15) is 18.7 Å². The van der Waals surface area contributed by atoms with Crippen molar-refractivity contribution in [2.24, 2.45) is 0 Å². The minimum Gasteiger partial charge on any atom is -0.378 e. The van der Waals surface area contributed by atoms with Crippen LogP contribution in [0.4, 0.5) is 13.2 Å². The molecule has 0 saturated heterocycles. The third-order valence-corrected chi connectivity index (χ3v) is 1.68. The summed E-state index contributed by atoms with van der Waals surface area (Å²) in [6, 6.07) is 0. The number of hydrogen-bond donors (Lipinski definition) is 1. The Hall–Kier alpha value is -1.04. The van der Waals surface area contributed by atoms with Crippen molar-refractivity contribution >= 4 is 0 Å². The lowest BCUT2D eigenvalue weighted by molar-refractivity contribution is -0.208. The molecule has 0 saturated carbocycles. The summed E-state index contributed by atoms with van der Waals surface area (Å²) in [6.07, 6.45) is -4.81. The summed E-state index contributed by atoms with van der Waals surface area (Å²) in [7, 11) is 0. The predicted octanol–water partition coefficient (Wildman–Crippen LogP) is 1.50. The van der Waals surface area contributed by atoms with Gasteiger partial charge in [-0.05, 0) is 6.92 Å². The van der Waals surface area contributed by atoms with Crippen molar-refractivity contribution in [1.82, 2.24) is 9.55 Å². The maximum absolute atomic E-state index is 12.0. The maximum Gasteiger partial charge on any atom is 0.420 e. The van der Waals surface area contributed by atoms with E-state index in [1.54, 1.807) is 6.92 Å². The molecule has 3 nitrogen and oxygen atoms in total. The Labute approximate surface area is 72.8 Å². The molecule has 74 valence electrons. The van der Waals surface area contributed by atoms with E-state index in [1.165, 1.54) is 10.9 Å². The number of nitrogens with zero attached hydrogens (tertiary/aromatic N) is 2.